The van der Waals surface area contributed by atoms with Gasteiger partial charge in [-0.1, -0.05) is 29.8 Å². The predicted octanol–water partition coefficient (Wildman–Crippen LogP) is 1.24. The van der Waals surface area contributed by atoms with Gasteiger partial charge in [-0.15, -0.1) is 0 Å². The summed E-state index contributed by atoms with van der Waals surface area (Å²) in [5, 5.41) is 5.92. The summed E-state index contributed by atoms with van der Waals surface area (Å²) in [5.74, 6) is -0.188. The largest absolute Gasteiger partial charge is 0.495 e. The van der Waals surface area contributed by atoms with Crippen LogP contribution in [0.25, 0.3) is 5.69 Å². The van der Waals surface area contributed by atoms with Crippen molar-refractivity contribution in [3.63, 3.8) is 0 Å². The topological polar surface area (TPSA) is 98.8 Å². The van der Waals surface area contributed by atoms with Gasteiger partial charge in [-0.3, -0.25) is 19.1 Å². The molecular formula is C23H27ClN5O4+. The molecule has 1 heterocycles. The number of ether oxygens (including phenoxy) is 1. The molecule has 3 N–H and O–H groups in total. The van der Waals surface area contributed by atoms with E-state index in [1.807, 2.05) is 30.3 Å². The van der Waals surface area contributed by atoms with Gasteiger partial charge in [0.1, 0.15) is 11.4 Å². The average Bonchev–Trinajstić information content (AvgIpc) is 2.97. The number of aromatic nitrogens is 2. The van der Waals surface area contributed by atoms with Gasteiger partial charge in [-0.05, 0) is 37.3 Å². The fraction of sp³-hybridized carbons (Fsp3) is 0.261. The molecule has 0 aliphatic heterocycles. The van der Waals surface area contributed by atoms with Crippen molar-refractivity contribution in [2.75, 3.05) is 37.9 Å². The molecule has 2 aromatic carbocycles. The molecule has 33 heavy (non-hydrogen) atoms. The van der Waals surface area contributed by atoms with Crippen molar-refractivity contribution in [3.05, 3.63) is 69.6 Å². The van der Waals surface area contributed by atoms with Crippen molar-refractivity contribution in [3.8, 4) is 11.4 Å². The lowest BCUT2D eigenvalue weighted by molar-refractivity contribution is -0.862. The van der Waals surface area contributed by atoms with E-state index in [0.717, 1.165) is 0 Å². The molecule has 0 saturated heterocycles. The van der Waals surface area contributed by atoms with Gasteiger partial charge in [0.25, 0.3) is 17.4 Å². The number of halogens is 1. The fourth-order valence-electron chi connectivity index (χ4n) is 3.48. The summed E-state index contributed by atoms with van der Waals surface area (Å²) in [6.45, 7) is 1.79. The molecule has 3 aromatic rings. The van der Waals surface area contributed by atoms with Crippen LogP contribution < -0.4 is 25.8 Å². The highest BCUT2D eigenvalue weighted by Crippen LogP contribution is 2.27. The fourth-order valence-corrected chi connectivity index (χ4v) is 3.65. The molecule has 2 amide bonds. The molecule has 174 valence electrons. The number of hydrogen-bond donors (Lipinski definition) is 3. The summed E-state index contributed by atoms with van der Waals surface area (Å²) in [6.07, 6.45) is 0. The lowest BCUT2D eigenvalue weighted by Crippen LogP contribution is -3.11. The van der Waals surface area contributed by atoms with Gasteiger partial charge in [0, 0.05) is 12.1 Å². The molecular weight excluding hydrogens is 446 g/mol. The van der Waals surface area contributed by atoms with Gasteiger partial charge in [-0.25, -0.2) is 4.68 Å². The minimum Gasteiger partial charge on any atom is -0.495 e. The number of likely N-dealkylation sites (N-methyl/N-ethyl adjacent to an activating group) is 1. The highest BCUT2D eigenvalue weighted by molar-refractivity contribution is 6.31. The number of hydrogen-bond acceptors (Lipinski definition) is 4. The van der Waals surface area contributed by atoms with E-state index in [0.29, 0.717) is 32.7 Å². The first-order valence-electron chi connectivity index (χ1n) is 10.3. The lowest BCUT2D eigenvalue weighted by Gasteiger charge is -2.15. The third kappa shape index (κ3) is 5.63. The van der Waals surface area contributed by atoms with Crippen LogP contribution >= 0.6 is 11.6 Å². The Labute approximate surface area is 196 Å². The summed E-state index contributed by atoms with van der Waals surface area (Å²) < 4.78 is 8.41. The molecule has 0 saturated carbocycles. The number of anilines is 2. The second-order valence-corrected chi connectivity index (χ2v) is 8.12. The number of carbonyl (C=O) groups excluding carboxylic acids is 2. The zero-order chi connectivity index (χ0) is 24.1. The van der Waals surface area contributed by atoms with Gasteiger partial charge in [0.15, 0.2) is 13.1 Å². The number of nitrogens with one attached hydrogen (secondary N) is 3. The smallest absolute Gasteiger partial charge is 0.295 e. The van der Waals surface area contributed by atoms with E-state index in [1.165, 1.54) is 11.8 Å². The number of para-hydroxylation sites is 1. The van der Waals surface area contributed by atoms with E-state index in [4.69, 9.17) is 16.3 Å². The van der Waals surface area contributed by atoms with E-state index in [2.05, 4.69) is 10.6 Å². The van der Waals surface area contributed by atoms with Crippen LogP contribution in [0, 0.1) is 6.92 Å². The van der Waals surface area contributed by atoms with Gasteiger partial charge >= 0.3 is 0 Å². The van der Waals surface area contributed by atoms with Crippen LogP contribution in [0.4, 0.5) is 11.4 Å². The normalized spacial score (nSPS) is 11.7. The van der Waals surface area contributed by atoms with E-state index in [1.54, 1.807) is 43.9 Å². The maximum atomic E-state index is 12.9. The summed E-state index contributed by atoms with van der Waals surface area (Å²) in [7, 11) is 4.97. The van der Waals surface area contributed by atoms with Crippen molar-refractivity contribution in [1.82, 2.24) is 9.36 Å². The number of quaternary nitrogens is 1. The first-order valence-corrected chi connectivity index (χ1v) is 10.7. The second-order valence-electron chi connectivity index (χ2n) is 7.69. The maximum absolute atomic E-state index is 12.9. The number of carbonyl (C=O) groups is 2. The van der Waals surface area contributed by atoms with Crippen molar-refractivity contribution < 1.29 is 19.2 Å². The van der Waals surface area contributed by atoms with Gasteiger partial charge in [0.2, 0.25) is 0 Å². The molecule has 0 fully saturated rings. The Morgan fingerprint density at radius 2 is 1.70 bits per heavy atom. The van der Waals surface area contributed by atoms with Crippen molar-refractivity contribution in [2.24, 2.45) is 7.05 Å². The minimum absolute atomic E-state index is 0.000782. The number of nitrogens with zero attached hydrogens (tertiary/aromatic N) is 2. The molecule has 0 aliphatic carbocycles. The zero-order valence-electron chi connectivity index (χ0n) is 18.9. The molecule has 1 aromatic heterocycles. The Morgan fingerprint density at radius 3 is 2.33 bits per heavy atom. The zero-order valence-corrected chi connectivity index (χ0v) is 19.7. The van der Waals surface area contributed by atoms with Gasteiger partial charge in [-0.2, -0.15) is 0 Å². The number of rotatable bonds is 8. The first kappa shape index (κ1) is 24.1. The average molecular weight is 473 g/mol. The van der Waals surface area contributed by atoms with Crippen LogP contribution in [-0.4, -0.2) is 48.4 Å². The molecule has 1 atom stereocenters. The first-order chi connectivity index (χ1) is 15.7. The van der Waals surface area contributed by atoms with Crippen LogP contribution in [0.1, 0.15) is 5.69 Å². The molecule has 1 unspecified atom stereocenters. The molecule has 9 nitrogen and oxygen atoms in total. The molecule has 0 bridgehead atoms. The summed E-state index contributed by atoms with van der Waals surface area (Å²) in [5.41, 5.74) is 1.67. The van der Waals surface area contributed by atoms with Crippen LogP contribution in [0.5, 0.6) is 5.75 Å². The quantitative estimate of drug-likeness (QED) is 0.459. The number of benzene rings is 2. The molecule has 0 aliphatic rings. The predicted molar refractivity (Wildman–Crippen MR) is 128 cm³/mol. The molecule has 3 rings (SSSR count). The van der Waals surface area contributed by atoms with Gasteiger partial charge in [0.05, 0.1) is 31.2 Å². The number of methoxy groups -OCH3 is 1. The Hall–Kier alpha value is -3.56. The summed E-state index contributed by atoms with van der Waals surface area (Å²) in [6, 6.07) is 14.1. The molecule has 10 heteroatoms. The van der Waals surface area contributed by atoms with E-state index in [-0.39, 0.29) is 36.2 Å². The van der Waals surface area contributed by atoms with Crippen LogP contribution in [0.15, 0.2) is 53.3 Å². The van der Waals surface area contributed by atoms with Crippen molar-refractivity contribution in [2.45, 2.75) is 6.92 Å². The molecule has 0 spiro atoms. The highest BCUT2D eigenvalue weighted by atomic mass is 35.5. The van der Waals surface area contributed by atoms with Crippen LogP contribution in [0.2, 0.25) is 5.02 Å². The van der Waals surface area contributed by atoms with E-state index in [9.17, 15) is 14.4 Å². The van der Waals surface area contributed by atoms with E-state index >= 15 is 0 Å². The second kappa shape index (κ2) is 10.4. The van der Waals surface area contributed by atoms with Crippen LogP contribution in [-0.2, 0) is 16.6 Å². The Kier molecular flexibility index (Phi) is 7.57. The number of amides is 2. The SMILES string of the molecule is COc1ccc(Cl)cc1NC(=O)C[NH+](C)CC(=O)Nc1c(C)n(C)n(-c2ccccc2)c1=O. The Balaban J connectivity index is 1.64. The van der Waals surface area contributed by atoms with E-state index < -0.39 is 0 Å². The summed E-state index contributed by atoms with van der Waals surface area (Å²) in [4.78, 5) is 38.6. The van der Waals surface area contributed by atoms with Crippen molar-refractivity contribution >= 4 is 34.8 Å². The van der Waals surface area contributed by atoms with Crippen LogP contribution in [0.3, 0.4) is 0 Å². The molecule has 0 radical (unpaired) electrons. The Bertz CT molecular complexity index is 1220. The minimum atomic E-state index is -0.369. The maximum Gasteiger partial charge on any atom is 0.295 e. The lowest BCUT2D eigenvalue weighted by atomic mass is 10.3. The standard InChI is InChI=1S/C23H26ClN5O4/c1-15-22(23(32)29(28(15)3)17-8-6-5-7-9-17)26-21(31)14-27(2)13-20(30)25-18-12-16(24)10-11-19(18)33-4/h5-12H,13-14H2,1-4H3,(H,25,30)(H,26,31)/p+1. The Morgan fingerprint density at radius 1 is 1.06 bits per heavy atom. The third-order valence-corrected chi connectivity index (χ3v) is 5.41. The summed E-state index contributed by atoms with van der Waals surface area (Å²) >= 11 is 5.99. The third-order valence-electron chi connectivity index (χ3n) is 5.18. The highest BCUT2D eigenvalue weighted by Gasteiger charge is 2.21. The van der Waals surface area contributed by atoms with Gasteiger partial charge < -0.3 is 20.3 Å². The van der Waals surface area contributed by atoms with Crippen molar-refractivity contribution in [1.29, 1.82) is 0 Å². The monoisotopic (exact) mass is 472 g/mol.